The van der Waals surface area contributed by atoms with E-state index in [-0.39, 0.29) is 0 Å². The number of nitrogens with zero attached hydrogens (tertiary/aromatic N) is 2. The first-order valence-electron chi connectivity index (χ1n) is 8.23. The van der Waals surface area contributed by atoms with E-state index >= 15 is 0 Å². The number of rotatable bonds is 4. The molecule has 0 aliphatic heterocycles. The largest absolute Gasteiger partial charge is 0.494 e. The van der Waals surface area contributed by atoms with Gasteiger partial charge in [-0.25, -0.2) is 4.98 Å². The molecule has 2 heterocycles. The lowest BCUT2D eigenvalue weighted by Gasteiger charge is -2.07. The quantitative estimate of drug-likeness (QED) is 0.483. The smallest absolute Gasteiger partial charge is 0.119 e. The lowest BCUT2D eigenvalue weighted by atomic mass is 10.1. The first kappa shape index (κ1) is 14.6. The molecule has 0 spiro atoms. The van der Waals surface area contributed by atoms with Gasteiger partial charge in [0.25, 0.3) is 0 Å². The molecule has 3 nitrogen and oxygen atoms in total. The van der Waals surface area contributed by atoms with Gasteiger partial charge in [0.1, 0.15) is 5.75 Å². The Bertz CT molecular complexity index is 993. The molecule has 0 saturated heterocycles. The summed E-state index contributed by atoms with van der Waals surface area (Å²) in [5.41, 5.74) is 3.91. The monoisotopic (exact) mass is 314 g/mol. The minimum Gasteiger partial charge on any atom is -0.494 e. The van der Waals surface area contributed by atoms with Crippen molar-refractivity contribution in [3.05, 3.63) is 66.9 Å². The van der Waals surface area contributed by atoms with Crippen molar-refractivity contribution in [1.29, 1.82) is 0 Å². The fourth-order valence-electron chi connectivity index (χ4n) is 2.83. The van der Waals surface area contributed by atoms with Crippen LogP contribution in [0, 0.1) is 0 Å². The fraction of sp³-hybridized carbons (Fsp3) is 0.143. The van der Waals surface area contributed by atoms with Crippen molar-refractivity contribution in [2.45, 2.75) is 13.3 Å². The number of benzene rings is 2. The summed E-state index contributed by atoms with van der Waals surface area (Å²) in [5, 5.41) is 2.21. The second kappa shape index (κ2) is 6.28. The Labute approximate surface area is 140 Å². The lowest BCUT2D eigenvalue weighted by Crippen LogP contribution is -1.94. The molecule has 118 valence electrons. The molecule has 24 heavy (non-hydrogen) atoms. The first-order valence-corrected chi connectivity index (χ1v) is 8.23. The molecule has 0 fully saturated rings. The van der Waals surface area contributed by atoms with E-state index in [1.165, 1.54) is 0 Å². The van der Waals surface area contributed by atoms with Crippen molar-refractivity contribution in [2.24, 2.45) is 0 Å². The molecule has 3 heteroatoms. The number of ether oxygens (including phenoxy) is 1. The highest BCUT2D eigenvalue weighted by molar-refractivity contribution is 6.03. The maximum atomic E-state index is 5.64. The summed E-state index contributed by atoms with van der Waals surface area (Å²) >= 11 is 0. The molecule has 4 aromatic rings. The van der Waals surface area contributed by atoms with Crippen LogP contribution in [-0.4, -0.2) is 16.6 Å². The maximum absolute atomic E-state index is 5.64. The van der Waals surface area contributed by atoms with Crippen LogP contribution in [0.5, 0.6) is 5.75 Å². The van der Waals surface area contributed by atoms with Gasteiger partial charge in [0, 0.05) is 22.5 Å². The average Bonchev–Trinajstić information content (AvgIpc) is 2.66. The molecule has 0 bridgehead atoms. The standard InChI is InChI=1S/C21H18N2O/c1-2-14-24-18-10-7-15(8-11-18)19-12-9-17-6-5-16-4-3-13-22-20(16)21(17)23-19/h3-13H,2,14H2,1H3. The molecule has 0 aliphatic carbocycles. The third kappa shape index (κ3) is 2.69. The van der Waals surface area contributed by atoms with Crippen LogP contribution in [0.1, 0.15) is 13.3 Å². The SMILES string of the molecule is CCCOc1ccc(-c2ccc3ccc4cccnc4c3n2)cc1. The Morgan fingerprint density at radius 3 is 2.38 bits per heavy atom. The zero-order valence-electron chi connectivity index (χ0n) is 13.6. The number of hydrogen-bond donors (Lipinski definition) is 0. The molecule has 4 rings (SSSR count). The van der Waals surface area contributed by atoms with E-state index in [9.17, 15) is 0 Å². The van der Waals surface area contributed by atoms with Crippen molar-refractivity contribution in [3.63, 3.8) is 0 Å². The van der Waals surface area contributed by atoms with Crippen LogP contribution in [0.4, 0.5) is 0 Å². The minimum absolute atomic E-state index is 0.741. The Kier molecular flexibility index (Phi) is 3.83. The van der Waals surface area contributed by atoms with E-state index in [4.69, 9.17) is 9.72 Å². The van der Waals surface area contributed by atoms with Gasteiger partial charge in [0.05, 0.1) is 23.3 Å². The van der Waals surface area contributed by atoms with E-state index in [2.05, 4.69) is 54.4 Å². The third-order valence-corrected chi connectivity index (χ3v) is 4.06. The van der Waals surface area contributed by atoms with Crippen molar-refractivity contribution >= 4 is 21.8 Å². The highest BCUT2D eigenvalue weighted by atomic mass is 16.5. The van der Waals surface area contributed by atoms with Crippen molar-refractivity contribution in [3.8, 4) is 17.0 Å². The molecule has 0 radical (unpaired) electrons. The summed E-state index contributed by atoms with van der Waals surface area (Å²) in [6.45, 7) is 2.84. The summed E-state index contributed by atoms with van der Waals surface area (Å²) in [7, 11) is 0. The fourth-order valence-corrected chi connectivity index (χ4v) is 2.83. The molecule has 0 aliphatic rings. The first-order chi connectivity index (χ1) is 11.8. The van der Waals surface area contributed by atoms with Crippen LogP contribution in [-0.2, 0) is 0 Å². The predicted octanol–water partition coefficient (Wildman–Crippen LogP) is 5.24. The van der Waals surface area contributed by atoms with Gasteiger partial charge in [0.15, 0.2) is 0 Å². The normalized spacial score (nSPS) is 11.0. The second-order valence-electron chi connectivity index (χ2n) is 5.78. The Morgan fingerprint density at radius 1 is 0.833 bits per heavy atom. The number of aromatic nitrogens is 2. The molecular formula is C21H18N2O. The highest BCUT2D eigenvalue weighted by Crippen LogP contribution is 2.26. The zero-order chi connectivity index (χ0) is 16.4. The molecular weight excluding hydrogens is 296 g/mol. The van der Waals surface area contributed by atoms with Crippen LogP contribution in [0.2, 0.25) is 0 Å². The second-order valence-corrected chi connectivity index (χ2v) is 5.78. The van der Waals surface area contributed by atoms with Gasteiger partial charge in [-0.3, -0.25) is 4.98 Å². The summed E-state index contributed by atoms with van der Waals surface area (Å²) in [4.78, 5) is 9.37. The Balaban J connectivity index is 1.78. The van der Waals surface area contributed by atoms with E-state index in [1.807, 2.05) is 24.4 Å². The van der Waals surface area contributed by atoms with Crippen LogP contribution in [0.15, 0.2) is 66.9 Å². The summed E-state index contributed by atoms with van der Waals surface area (Å²) in [5.74, 6) is 0.897. The third-order valence-electron chi connectivity index (χ3n) is 4.06. The van der Waals surface area contributed by atoms with Crippen molar-refractivity contribution < 1.29 is 4.74 Å². The summed E-state index contributed by atoms with van der Waals surface area (Å²) < 4.78 is 5.64. The zero-order valence-corrected chi connectivity index (χ0v) is 13.6. The van der Waals surface area contributed by atoms with Gasteiger partial charge < -0.3 is 4.74 Å². The Morgan fingerprint density at radius 2 is 1.58 bits per heavy atom. The van der Waals surface area contributed by atoms with Crippen LogP contribution in [0.3, 0.4) is 0 Å². The van der Waals surface area contributed by atoms with Gasteiger partial charge >= 0.3 is 0 Å². The topological polar surface area (TPSA) is 35.0 Å². The number of pyridine rings is 2. The minimum atomic E-state index is 0.741. The molecule has 0 N–H and O–H groups in total. The van der Waals surface area contributed by atoms with Gasteiger partial charge in [-0.1, -0.05) is 31.2 Å². The maximum Gasteiger partial charge on any atom is 0.119 e. The molecule has 2 aromatic heterocycles. The number of hydrogen-bond acceptors (Lipinski definition) is 3. The molecule has 2 aromatic carbocycles. The molecule has 0 unspecified atom stereocenters. The van der Waals surface area contributed by atoms with Crippen LogP contribution >= 0.6 is 0 Å². The van der Waals surface area contributed by atoms with Crippen LogP contribution in [0.25, 0.3) is 33.1 Å². The van der Waals surface area contributed by atoms with E-state index < -0.39 is 0 Å². The molecule has 0 atom stereocenters. The van der Waals surface area contributed by atoms with Gasteiger partial charge in [-0.05, 0) is 42.8 Å². The van der Waals surface area contributed by atoms with Crippen LogP contribution < -0.4 is 4.74 Å². The Hall–Kier alpha value is -2.94. The highest BCUT2D eigenvalue weighted by Gasteiger charge is 2.06. The van der Waals surface area contributed by atoms with Crippen molar-refractivity contribution in [2.75, 3.05) is 6.61 Å². The van der Waals surface area contributed by atoms with Gasteiger partial charge in [-0.15, -0.1) is 0 Å². The molecule has 0 amide bonds. The van der Waals surface area contributed by atoms with E-state index in [1.54, 1.807) is 0 Å². The van der Waals surface area contributed by atoms with Crippen molar-refractivity contribution in [1.82, 2.24) is 9.97 Å². The summed E-state index contributed by atoms with van der Waals surface area (Å²) in [6.07, 6.45) is 2.82. The predicted molar refractivity (Wildman–Crippen MR) is 98.3 cm³/mol. The summed E-state index contributed by atoms with van der Waals surface area (Å²) in [6, 6.07) is 20.5. The average molecular weight is 314 g/mol. The molecule has 0 saturated carbocycles. The lowest BCUT2D eigenvalue weighted by molar-refractivity contribution is 0.317. The van der Waals surface area contributed by atoms with Gasteiger partial charge in [-0.2, -0.15) is 0 Å². The van der Waals surface area contributed by atoms with Gasteiger partial charge in [0.2, 0.25) is 0 Å². The van der Waals surface area contributed by atoms with E-state index in [0.717, 1.165) is 51.8 Å². The number of fused-ring (bicyclic) bond motifs is 3. The van der Waals surface area contributed by atoms with E-state index in [0.29, 0.717) is 0 Å².